The van der Waals surface area contributed by atoms with Gasteiger partial charge in [0.15, 0.2) is 11.6 Å². The van der Waals surface area contributed by atoms with Crippen LogP contribution in [0.25, 0.3) is 0 Å². The summed E-state index contributed by atoms with van der Waals surface area (Å²) >= 11 is 6.54. The van der Waals surface area contributed by atoms with Crippen LogP contribution in [-0.4, -0.2) is 5.91 Å². The fourth-order valence-electron chi connectivity index (χ4n) is 1.46. The van der Waals surface area contributed by atoms with E-state index in [1.165, 1.54) is 12.1 Å². The molecule has 0 heterocycles. The minimum absolute atomic E-state index is 0.338. The quantitative estimate of drug-likeness (QED) is 0.788. The summed E-state index contributed by atoms with van der Waals surface area (Å²) in [5.41, 5.74) is 0.131. The third-order valence-electron chi connectivity index (χ3n) is 2.38. The van der Waals surface area contributed by atoms with Gasteiger partial charge in [0.25, 0.3) is 5.91 Å². The molecule has 0 radical (unpaired) electrons. The Balaban J connectivity index is 2.28. The van der Waals surface area contributed by atoms with E-state index in [2.05, 4.69) is 37.2 Å². The summed E-state index contributed by atoms with van der Waals surface area (Å²) in [7, 11) is 0. The summed E-state index contributed by atoms with van der Waals surface area (Å²) < 4.78 is 28.0. The summed E-state index contributed by atoms with van der Waals surface area (Å²) in [6.07, 6.45) is 0. The third kappa shape index (κ3) is 3.19. The molecule has 0 atom stereocenters. The Kier molecular flexibility index (Phi) is 4.31. The molecule has 98 valence electrons. The van der Waals surface area contributed by atoms with Crippen molar-refractivity contribution in [3.8, 4) is 0 Å². The zero-order valence-electron chi connectivity index (χ0n) is 9.38. The van der Waals surface area contributed by atoms with Crippen LogP contribution in [0.2, 0.25) is 0 Å². The summed E-state index contributed by atoms with van der Waals surface area (Å²) in [6, 6.07) is 8.56. The largest absolute Gasteiger partial charge is 0.321 e. The molecule has 0 aliphatic heterocycles. The van der Waals surface area contributed by atoms with Crippen molar-refractivity contribution in [3.63, 3.8) is 0 Å². The Bertz CT molecular complexity index is 647. The molecule has 19 heavy (non-hydrogen) atoms. The topological polar surface area (TPSA) is 29.1 Å². The highest BCUT2D eigenvalue weighted by molar-refractivity contribution is 9.11. The average Bonchev–Trinajstić information content (AvgIpc) is 2.36. The maximum absolute atomic E-state index is 13.5. The van der Waals surface area contributed by atoms with Crippen LogP contribution in [-0.2, 0) is 0 Å². The van der Waals surface area contributed by atoms with Gasteiger partial charge in [-0.05, 0) is 46.3 Å². The van der Waals surface area contributed by atoms with Crippen molar-refractivity contribution in [2.45, 2.75) is 0 Å². The van der Waals surface area contributed by atoms with Crippen molar-refractivity contribution in [1.82, 2.24) is 0 Å². The molecule has 1 N–H and O–H groups in total. The van der Waals surface area contributed by atoms with E-state index < -0.39 is 17.5 Å². The van der Waals surface area contributed by atoms with Crippen molar-refractivity contribution in [2.24, 2.45) is 0 Å². The fourth-order valence-corrected chi connectivity index (χ4v) is 2.61. The predicted octanol–water partition coefficient (Wildman–Crippen LogP) is 4.74. The van der Waals surface area contributed by atoms with Crippen LogP contribution in [0, 0.1) is 11.6 Å². The molecular weight excluding hydrogens is 384 g/mol. The maximum Gasteiger partial charge on any atom is 0.258 e. The Labute approximate surface area is 125 Å². The Hall–Kier alpha value is -1.27. The number of carbonyl (C=O) groups is 1. The van der Waals surface area contributed by atoms with Gasteiger partial charge in [-0.2, -0.15) is 0 Å². The molecular formula is C13H7Br2F2NO. The minimum atomic E-state index is -1.16. The van der Waals surface area contributed by atoms with Gasteiger partial charge in [0, 0.05) is 8.95 Å². The monoisotopic (exact) mass is 389 g/mol. The number of hydrogen-bond donors (Lipinski definition) is 1. The van der Waals surface area contributed by atoms with Crippen LogP contribution < -0.4 is 5.32 Å². The number of rotatable bonds is 2. The molecule has 0 saturated heterocycles. The van der Waals surface area contributed by atoms with E-state index in [1.54, 1.807) is 18.2 Å². The number of amides is 1. The van der Waals surface area contributed by atoms with E-state index in [0.29, 0.717) is 10.2 Å². The number of carbonyl (C=O) groups excluding carboxylic acids is 1. The van der Waals surface area contributed by atoms with Gasteiger partial charge in [-0.3, -0.25) is 4.79 Å². The van der Waals surface area contributed by atoms with Crippen LogP contribution in [0.4, 0.5) is 14.5 Å². The first-order valence-corrected chi connectivity index (χ1v) is 6.78. The van der Waals surface area contributed by atoms with Gasteiger partial charge in [-0.15, -0.1) is 0 Å². The number of halogens is 4. The second kappa shape index (κ2) is 5.79. The van der Waals surface area contributed by atoms with Gasteiger partial charge >= 0.3 is 0 Å². The summed E-state index contributed by atoms with van der Waals surface area (Å²) in [4.78, 5) is 11.9. The number of hydrogen-bond acceptors (Lipinski definition) is 1. The summed E-state index contributed by atoms with van der Waals surface area (Å²) in [5.74, 6) is -2.92. The van der Waals surface area contributed by atoms with Gasteiger partial charge in [-0.25, -0.2) is 8.78 Å². The van der Waals surface area contributed by atoms with E-state index in [4.69, 9.17) is 0 Å². The van der Waals surface area contributed by atoms with E-state index >= 15 is 0 Å². The highest BCUT2D eigenvalue weighted by Gasteiger charge is 2.15. The van der Waals surface area contributed by atoms with E-state index in [0.717, 1.165) is 10.5 Å². The van der Waals surface area contributed by atoms with Gasteiger partial charge in [0.1, 0.15) is 0 Å². The lowest BCUT2D eigenvalue weighted by Gasteiger charge is -2.08. The zero-order chi connectivity index (χ0) is 14.0. The highest BCUT2D eigenvalue weighted by atomic mass is 79.9. The van der Waals surface area contributed by atoms with Crippen molar-refractivity contribution in [2.75, 3.05) is 5.32 Å². The van der Waals surface area contributed by atoms with E-state index in [9.17, 15) is 13.6 Å². The fraction of sp³-hybridized carbons (Fsp3) is 0. The molecule has 0 aliphatic rings. The van der Waals surface area contributed by atoms with Crippen LogP contribution in [0.15, 0.2) is 45.3 Å². The van der Waals surface area contributed by atoms with Gasteiger partial charge in [0.2, 0.25) is 0 Å². The molecule has 2 aromatic carbocycles. The second-order valence-corrected chi connectivity index (χ2v) is 5.45. The smallest absolute Gasteiger partial charge is 0.258 e. The highest BCUT2D eigenvalue weighted by Crippen LogP contribution is 2.26. The van der Waals surface area contributed by atoms with E-state index in [-0.39, 0.29) is 5.56 Å². The lowest BCUT2D eigenvalue weighted by atomic mass is 10.2. The molecule has 6 heteroatoms. The SMILES string of the molecule is O=C(Nc1ccc(Br)cc1Br)c1cccc(F)c1F. The Morgan fingerprint density at radius 3 is 2.53 bits per heavy atom. The molecule has 1 amide bonds. The molecule has 0 fully saturated rings. The van der Waals surface area contributed by atoms with E-state index in [1.807, 2.05) is 0 Å². The average molecular weight is 391 g/mol. The van der Waals surface area contributed by atoms with Crippen LogP contribution >= 0.6 is 31.9 Å². The Morgan fingerprint density at radius 1 is 1.11 bits per heavy atom. The van der Waals surface area contributed by atoms with Crippen molar-refractivity contribution in [1.29, 1.82) is 0 Å². The molecule has 2 aromatic rings. The summed E-state index contributed by atoms with van der Waals surface area (Å²) in [5, 5.41) is 2.51. The zero-order valence-corrected chi connectivity index (χ0v) is 12.6. The number of nitrogens with one attached hydrogen (secondary N) is 1. The standard InChI is InChI=1S/C13H7Br2F2NO/c14-7-4-5-11(9(15)6-7)18-13(19)8-2-1-3-10(16)12(8)17/h1-6H,(H,18,19). The van der Waals surface area contributed by atoms with Gasteiger partial charge in [-0.1, -0.05) is 22.0 Å². The van der Waals surface area contributed by atoms with Crippen LogP contribution in [0.3, 0.4) is 0 Å². The molecule has 0 bridgehead atoms. The van der Waals surface area contributed by atoms with Crippen molar-refractivity contribution < 1.29 is 13.6 Å². The van der Waals surface area contributed by atoms with Crippen molar-refractivity contribution in [3.05, 3.63) is 62.5 Å². The molecule has 0 saturated carbocycles. The lowest BCUT2D eigenvalue weighted by Crippen LogP contribution is -2.14. The number of benzene rings is 2. The minimum Gasteiger partial charge on any atom is -0.321 e. The second-order valence-electron chi connectivity index (χ2n) is 3.68. The first kappa shape index (κ1) is 14.1. The van der Waals surface area contributed by atoms with Gasteiger partial charge in [0.05, 0.1) is 11.3 Å². The first-order chi connectivity index (χ1) is 8.99. The third-order valence-corrected chi connectivity index (χ3v) is 3.52. The molecule has 0 aliphatic carbocycles. The summed E-state index contributed by atoms with van der Waals surface area (Å²) in [6.45, 7) is 0. The van der Waals surface area contributed by atoms with Gasteiger partial charge < -0.3 is 5.32 Å². The van der Waals surface area contributed by atoms with Crippen LogP contribution in [0.1, 0.15) is 10.4 Å². The van der Waals surface area contributed by atoms with Crippen LogP contribution in [0.5, 0.6) is 0 Å². The normalized spacial score (nSPS) is 10.3. The van der Waals surface area contributed by atoms with Crippen molar-refractivity contribution >= 4 is 43.5 Å². The first-order valence-electron chi connectivity index (χ1n) is 5.19. The molecule has 0 aromatic heterocycles. The molecule has 2 nitrogen and oxygen atoms in total. The maximum atomic E-state index is 13.5. The number of anilines is 1. The lowest BCUT2D eigenvalue weighted by molar-refractivity contribution is 0.102. The molecule has 2 rings (SSSR count). The predicted molar refractivity (Wildman–Crippen MR) is 76.2 cm³/mol. The molecule has 0 unspecified atom stereocenters. The Morgan fingerprint density at radius 2 is 1.84 bits per heavy atom. The molecule has 0 spiro atoms.